The average Bonchev–Trinajstić information content (AvgIpc) is 3.05. The van der Waals surface area contributed by atoms with E-state index < -0.39 is 6.04 Å². The van der Waals surface area contributed by atoms with E-state index in [1.807, 2.05) is 31.2 Å². The second-order valence-electron chi connectivity index (χ2n) is 7.34. The number of benzene rings is 2. The fourth-order valence-corrected chi connectivity index (χ4v) is 3.92. The number of fused-ring (bicyclic) bond motifs is 2. The van der Waals surface area contributed by atoms with Crippen molar-refractivity contribution in [2.24, 2.45) is 0 Å². The minimum atomic E-state index is -0.518. The molecule has 0 saturated heterocycles. The summed E-state index contributed by atoms with van der Waals surface area (Å²) in [6, 6.07) is 14.1. The van der Waals surface area contributed by atoms with Gasteiger partial charge in [0, 0.05) is 20.3 Å². The summed E-state index contributed by atoms with van der Waals surface area (Å²) in [7, 11) is 1.63. The molecule has 0 N–H and O–H groups in total. The number of para-hydroxylation sites is 1. The first-order chi connectivity index (χ1) is 14.7. The van der Waals surface area contributed by atoms with Gasteiger partial charge >= 0.3 is 0 Å². The highest BCUT2D eigenvalue weighted by Gasteiger charge is 2.42. The summed E-state index contributed by atoms with van der Waals surface area (Å²) in [5.74, 6) is 0.576. The second kappa shape index (κ2) is 8.71. The summed E-state index contributed by atoms with van der Waals surface area (Å²) < 4.78 is 16.9. The molecule has 0 aliphatic carbocycles. The molecule has 0 spiro atoms. The van der Waals surface area contributed by atoms with Crippen LogP contribution in [0.25, 0.3) is 11.0 Å². The Labute approximate surface area is 175 Å². The molecule has 2 heterocycles. The maximum Gasteiger partial charge on any atom is 0.290 e. The highest BCUT2D eigenvalue weighted by atomic mass is 16.5. The summed E-state index contributed by atoms with van der Waals surface area (Å²) in [6.07, 6.45) is 1.56. The minimum Gasteiger partial charge on any atom is -0.494 e. The van der Waals surface area contributed by atoms with Crippen molar-refractivity contribution in [3.05, 3.63) is 75.6 Å². The molecular formula is C24H25NO5. The number of carbonyl (C=O) groups excluding carboxylic acids is 1. The largest absolute Gasteiger partial charge is 0.494 e. The zero-order valence-corrected chi connectivity index (χ0v) is 17.2. The number of nitrogens with zero attached hydrogens (tertiary/aromatic N) is 1. The van der Waals surface area contributed by atoms with Gasteiger partial charge < -0.3 is 18.8 Å². The van der Waals surface area contributed by atoms with Gasteiger partial charge in [-0.3, -0.25) is 9.59 Å². The van der Waals surface area contributed by atoms with Gasteiger partial charge in [-0.1, -0.05) is 31.2 Å². The Morgan fingerprint density at radius 3 is 2.70 bits per heavy atom. The number of rotatable bonds is 8. The Morgan fingerprint density at radius 2 is 1.90 bits per heavy atom. The number of hydrogen-bond donors (Lipinski definition) is 0. The molecule has 3 aromatic rings. The Hall–Kier alpha value is -3.12. The first kappa shape index (κ1) is 20.2. The summed E-state index contributed by atoms with van der Waals surface area (Å²) in [5.41, 5.74) is 1.48. The SMILES string of the molecule is CCCOc1cccc([C@H]2c3c(oc4ccccc4c3=O)C(=O)N2CCCOC)c1. The van der Waals surface area contributed by atoms with Crippen molar-refractivity contribution < 1.29 is 18.7 Å². The number of ether oxygens (including phenoxy) is 2. The van der Waals surface area contributed by atoms with Crippen LogP contribution in [0.2, 0.25) is 0 Å². The zero-order chi connectivity index (χ0) is 21.1. The molecule has 0 unspecified atom stereocenters. The fraction of sp³-hybridized carbons (Fsp3) is 0.333. The molecule has 156 valence electrons. The van der Waals surface area contributed by atoms with Crippen molar-refractivity contribution in [2.75, 3.05) is 26.9 Å². The van der Waals surface area contributed by atoms with Crippen LogP contribution in [0.4, 0.5) is 0 Å². The summed E-state index contributed by atoms with van der Waals surface area (Å²) in [4.78, 5) is 28.3. The van der Waals surface area contributed by atoms with Gasteiger partial charge in [0.15, 0.2) is 5.43 Å². The molecule has 1 amide bonds. The van der Waals surface area contributed by atoms with E-state index in [4.69, 9.17) is 13.9 Å². The lowest BCUT2D eigenvalue weighted by atomic mass is 9.98. The summed E-state index contributed by atoms with van der Waals surface area (Å²) in [6.45, 7) is 3.63. The quantitative estimate of drug-likeness (QED) is 0.525. The Bertz CT molecular complexity index is 1120. The van der Waals surface area contributed by atoms with Gasteiger partial charge in [0.25, 0.3) is 5.91 Å². The van der Waals surface area contributed by atoms with E-state index in [0.29, 0.717) is 42.7 Å². The predicted molar refractivity (Wildman–Crippen MR) is 114 cm³/mol. The molecule has 0 bridgehead atoms. The lowest BCUT2D eigenvalue weighted by molar-refractivity contribution is 0.0707. The lowest BCUT2D eigenvalue weighted by Gasteiger charge is -2.25. The van der Waals surface area contributed by atoms with Crippen LogP contribution in [0.1, 0.15) is 47.5 Å². The first-order valence-electron chi connectivity index (χ1n) is 10.2. The van der Waals surface area contributed by atoms with Crippen molar-refractivity contribution >= 4 is 16.9 Å². The van der Waals surface area contributed by atoms with Crippen LogP contribution in [-0.4, -0.2) is 37.7 Å². The van der Waals surface area contributed by atoms with E-state index in [2.05, 4.69) is 0 Å². The molecule has 0 fully saturated rings. The zero-order valence-electron chi connectivity index (χ0n) is 17.2. The Balaban J connectivity index is 1.85. The molecule has 1 aliphatic heterocycles. The van der Waals surface area contributed by atoms with Crippen LogP contribution in [0.3, 0.4) is 0 Å². The van der Waals surface area contributed by atoms with Crippen molar-refractivity contribution in [2.45, 2.75) is 25.8 Å². The van der Waals surface area contributed by atoms with Gasteiger partial charge in [0.05, 0.1) is 23.6 Å². The molecule has 30 heavy (non-hydrogen) atoms. The van der Waals surface area contributed by atoms with Crippen LogP contribution >= 0.6 is 0 Å². The standard InChI is InChI=1S/C24H25NO5/c1-3-13-29-17-9-6-8-16(15-17)21-20-22(26)18-10-4-5-11-19(18)30-23(20)24(27)25(21)12-7-14-28-2/h4-6,8-11,15,21H,3,7,12-14H2,1-2H3/t21-/m0/s1. The number of amides is 1. The molecule has 1 aromatic heterocycles. The molecule has 0 radical (unpaired) electrons. The topological polar surface area (TPSA) is 69.0 Å². The molecule has 1 aliphatic rings. The average molecular weight is 407 g/mol. The predicted octanol–water partition coefficient (Wildman–Crippen LogP) is 4.16. The molecule has 1 atom stereocenters. The van der Waals surface area contributed by atoms with Gasteiger partial charge in [-0.15, -0.1) is 0 Å². The highest BCUT2D eigenvalue weighted by molar-refractivity contribution is 5.99. The highest BCUT2D eigenvalue weighted by Crippen LogP contribution is 2.39. The lowest BCUT2D eigenvalue weighted by Crippen LogP contribution is -2.31. The van der Waals surface area contributed by atoms with E-state index in [9.17, 15) is 9.59 Å². The van der Waals surface area contributed by atoms with E-state index in [-0.39, 0.29) is 17.1 Å². The van der Waals surface area contributed by atoms with E-state index in [1.165, 1.54) is 0 Å². The third-order valence-corrected chi connectivity index (χ3v) is 5.27. The minimum absolute atomic E-state index is 0.126. The van der Waals surface area contributed by atoms with Crippen LogP contribution in [0, 0.1) is 0 Å². The second-order valence-corrected chi connectivity index (χ2v) is 7.34. The van der Waals surface area contributed by atoms with Crippen LogP contribution in [0.5, 0.6) is 5.75 Å². The van der Waals surface area contributed by atoms with Gasteiger partial charge in [-0.25, -0.2) is 0 Å². The number of hydrogen-bond acceptors (Lipinski definition) is 5. The van der Waals surface area contributed by atoms with E-state index >= 15 is 0 Å². The van der Waals surface area contributed by atoms with E-state index in [1.54, 1.807) is 36.3 Å². The van der Waals surface area contributed by atoms with Crippen molar-refractivity contribution in [3.8, 4) is 5.75 Å². The third kappa shape index (κ3) is 3.59. The van der Waals surface area contributed by atoms with E-state index in [0.717, 1.165) is 17.7 Å². The van der Waals surface area contributed by atoms with Crippen molar-refractivity contribution in [1.29, 1.82) is 0 Å². The third-order valence-electron chi connectivity index (χ3n) is 5.27. The maximum atomic E-state index is 13.4. The van der Waals surface area contributed by atoms with Gasteiger partial charge in [0.2, 0.25) is 5.76 Å². The van der Waals surface area contributed by atoms with Gasteiger partial charge in [0.1, 0.15) is 11.3 Å². The van der Waals surface area contributed by atoms with Crippen LogP contribution in [0.15, 0.2) is 57.7 Å². The fourth-order valence-electron chi connectivity index (χ4n) is 3.92. The monoisotopic (exact) mass is 407 g/mol. The van der Waals surface area contributed by atoms with Crippen LogP contribution in [-0.2, 0) is 4.74 Å². The van der Waals surface area contributed by atoms with Crippen molar-refractivity contribution in [3.63, 3.8) is 0 Å². The van der Waals surface area contributed by atoms with Gasteiger partial charge in [-0.2, -0.15) is 0 Å². The Kier molecular flexibility index (Phi) is 5.86. The Morgan fingerprint density at radius 1 is 1.07 bits per heavy atom. The maximum absolute atomic E-state index is 13.4. The number of carbonyl (C=O) groups is 1. The number of methoxy groups -OCH3 is 1. The molecule has 4 rings (SSSR count). The molecule has 2 aromatic carbocycles. The molecule has 6 heteroatoms. The van der Waals surface area contributed by atoms with Crippen LogP contribution < -0.4 is 10.2 Å². The molecular weight excluding hydrogens is 382 g/mol. The molecule has 0 saturated carbocycles. The summed E-state index contributed by atoms with van der Waals surface area (Å²) in [5, 5.41) is 0.478. The first-order valence-corrected chi connectivity index (χ1v) is 10.2. The normalized spacial score (nSPS) is 15.6. The molecule has 6 nitrogen and oxygen atoms in total. The van der Waals surface area contributed by atoms with Crippen molar-refractivity contribution in [1.82, 2.24) is 4.90 Å². The smallest absolute Gasteiger partial charge is 0.290 e. The summed E-state index contributed by atoms with van der Waals surface area (Å²) >= 11 is 0. The van der Waals surface area contributed by atoms with Gasteiger partial charge in [-0.05, 0) is 42.7 Å².